The van der Waals surface area contributed by atoms with E-state index >= 15 is 0 Å². The third-order valence-electron chi connectivity index (χ3n) is 4.84. The summed E-state index contributed by atoms with van der Waals surface area (Å²) in [6.45, 7) is 3.80. The van der Waals surface area contributed by atoms with Crippen molar-refractivity contribution < 1.29 is 4.79 Å². The molecular weight excluding hydrogens is 372 g/mol. The van der Waals surface area contributed by atoms with Gasteiger partial charge in [-0.1, -0.05) is 0 Å². The molecule has 0 aliphatic carbocycles. The highest BCUT2D eigenvalue weighted by Crippen LogP contribution is 2.21. The van der Waals surface area contributed by atoms with Gasteiger partial charge in [0, 0.05) is 24.4 Å². The Labute approximate surface area is 165 Å². The van der Waals surface area contributed by atoms with Crippen LogP contribution in [0, 0.1) is 13.8 Å². The molecule has 0 aliphatic heterocycles. The van der Waals surface area contributed by atoms with Gasteiger partial charge < -0.3 is 10.3 Å². The summed E-state index contributed by atoms with van der Waals surface area (Å²) in [7, 11) is 1.79. The molecule has 0 atom stereocenters. The minimum absolute atomic E-state index is 0.180. The lowest BCUT2D eigenvalue weighted by molar-refractivity contribution is -0.116. The van der Waals surface area contributed by atoms with Gasteiger partial charge in [-0.2, -0.15) is 10.2 Å². The summed E-state index contributed by atoms with van der Waals surface area (Å²) < 4.78 is 3.18. The highest BCUT2D eigenvalue weighted by molar-refractivity contribution is 5.91. The number of hydrogen-bond donors (Lipinski definition) is 2. The number of nitrogens with one attached hydrogen (secondary N) is 2. The van der Waals surface area contributed by atoms with E-state index in [1.807, 2.05) is 13.8 Å². The van der Waals surface area contributed by atoms with Crippen LogP contribution in [0.5, 0.6) is 0 Å². The molecule has 4 heterocycles. The van der Waals surface area contributed by atoms with Gasteiger partial charge >= 0.3 is 0 Å². The Bertz CT molecular complexity index is 1240. The summed E-state index contributed by atoms with van der Waals surface area (Å²) in [6, 6.07) is 3.48. The summed E-state index contributed by atoms with van der Waals surface area (Å²) in [5.41, 5.74) is 3.38. The molecule has 4 aromatic heterocycles. The Morgan fingerprint density at radius 1 is 1.28 bits per heavy atom. The third kappa shape index (κ3) is 3.51. The smallest absolute Gasteiger partial charge is 0.253 e. The van der Waals surface area contributed by atoms with Gasteiger partial charge in [-0.05, 0) is 38.0 Å². The Morgan fingerprint density at radius 2 is 2.10 bits per heavy atom. The van der Waals surface area contributed by atoms with E-state index in [1.54, 1.807) is 36.4 Å². The zero-order valence-corrected chi connectivity index (χ0v) is 16.3. The number of carbonyl (C=O) groups excluding carboxylic acids is 1. The highest BCUT2D eigenvalue weighted by Gasteiger charge is 2.16. The molecule has 0 aromatic carbocycles. The fourth-order valence-electron chi connectivity index (χ4n) is 3.44. The van der Waals surface area contributed by atoms with E-state index in [-0.39, 0.29) is 17.9 Å². The lowest BCUT2D eigenvalue weighted by atomic mass is 10.0. The van der Waals surface area contributed by atoms with Gasteiger partial charge in [0.05, 0.1) is 17.6 Å². The van der Waals surface area contributed by atoms with E-state index in [9.17, 15) is 9.59 Å². The minimum atomic E-state index is -0.192. The molecule has 0 fully saturated rings. The fourth-order valence-corrected chi connectivity index (χ4v) is 3.44. The molecule has 0 saturated carbocycles. The molecule has 10 heteroatoms. The molecule has 1 amide bonds. The second-order valence-corrected chi connectivity index (χ2v) is 6.78. The van der Waals surface area contributed by atoms with Crippen molar-refractivity contribution in [2.75, 3.05) is 5.32 Å². The number of aromatic amines is 1. The molecule has 0 spiro atoms. The van der Waals surface area contributed by atoms with Crippen LogP contribution in [0.1, 0.15) is 23.2 Å². The Morgan fingerprint density at radius 3 is 2.79 bits per heavy atom. The largest absolute Gasteiger partial charge is 0.325 e. The normalized spacial score (nSPS) is 11.1. The number of amides is 1. The van der Waals surface area contributed by atoms with Gasteiger partial charge in [-0.3, -0.25) is 14.3 Å². The van der Waals surface area contributed by atoms with Gasteiger partial charge in [0.15, 0.2) is 5.82 Å². The lowest BCUT2D eigenvalue weighted by Gasteiger charge is -2.08. The molecule has 29 heavy (non-hydrogen) atoms. The SMILES string of the molecule is Cc1nn(C)c2[nH]c(=O)c(CCC(=O)Nc3ccc(-n4cncn4)nc3)c(C)c12. The number of fused-ring (bicyclic) bond motifs is 1. The quantitative estimate of drug-likeness (QED) is 0.529. The van der Waals surface area contributed by atoms with Crippen molar-refractivity contribution in [3.63, 3.8) is 0 Å². The summed E-state index contributed by atoms with van der Waals surface area (Å²) >= 11 is 0. The van der Waals surface area contributed by atoms with E-state index in [1.165, 1.54) is 11.0 Å². The zero-order valence-electron chi connectivity index (χ0n) is 16.3. The number of pyridine rings is 2. The molecule has 148 valence electrons. The first-order valence-corrected chi connectivity index (χ1v) is 9.10. The lowest BCUT2D eigenvalue weighted by Crippen LogP contribution is -2.19. The second-order valence-electron chi connectivity index (χ2n) is 6.78. The predicted octanol–water partition coefficient (Wildman–Crippen LogP) is 1.43. The summed E-state index contributed by atoms with van der Waals surface area (Å²) in [5.74, 6) is 0.407. The average Bonchev–Trinajstić information content (AvgIpc) is 3.31. The van der Waals surface area contributed by atoms with Crippen LogP contribution in [0.2, 0.25) is 0 Å². The first kappa shape index (κ1) is 18.5. The van der Waals surface area contributed by atoms with Crippen LogP contribution < -0.4 is 10.9 Å². The topological polar surface area (TPSA) is 123 Å². The first-order chi connectivity index (χ1) is 13.9. The summed E-state index contributed by atoms with van der Waals surface area (Å²) in [4.78, 5) is 35.8. The predicted molar refractivity (Wildman–Crippen MR) is 107 cm³/mol. The van der Waals surface area contributed by atoms with Crippen molar-refractivity contribution in [1.82, 2.24) is 34.5 Å². The standard InChI is InChI=1S/C19H20N8O2/c1-11-14(19(29)24-18-17(11)12(2)25-26(18)3)5-7-16(28)23-13-4-6-15(21-8-13)27-10-20-9-22-27/h4,6,8-10H,5,7H2,1-3H3,(H,23,28)(H,24,29). The summed E-state index contributed by atoms with van der Waals surface area (Å²) in [6.07, 6.45) is 5.03. The number of aryl methyl sites for hydroxylation is 3. The number of carbonyl (C=O) groups is 1. The number of nitrogens with zero attached hydrogens (tertiary/aromatic N) is 6. The van der Waals surface area contributed by atoms with Crippen LogP contribution in [0.3, 0.4) is 0 Å². The maximum atomic E-state index is 12.5. The van der Waals surface area contributed by atoms with Crippen molar-refractivity contribution >= 4 is 22.6 Å². The number of rotatable bonds is 5. The van der Waals surface area contributed by atoms with E-state index < -0.39 is 0 Å². The van der Waals surface area contributed by atoms with E-state index in [4.69, 9.17) is 0 Å². The molecule has 0 aliphatic rings. The molecule has 0 saturated heterocycles. The second kappa shape index (κ2) is 7.30. The average molecular weight is 392 g/mol. The third-order valence-corrected chi connectivity index (χ3v) is 4.84. The van der Waals surface area contributed by atoms with Crippen LogP contribution in [0.4, 0.5) is 5.69 Å². The van der Waals surface area contributed by atoms with E-state index in [2.05, 4.69) is 30.5 Å². The minimum Gasteiger partial charge on any atom is -0.325 e. The van der Waals surface area contributed by atoms with Crippen LogP contribution in [-0.4, -0.2) is 40.4 Å². The van der Waals surface area contributed by atoms with Crippen LogP contribution in [0.25, 0.3) is 16.9 Å². The van der Waals surface area contributed by atoms with Gasteiger partial charge in [0.2, 0.25) is 5.91 Å². The van der Waals surface area contributed by atoms with Crippen molar-refractivity contribution in [3.8, 4) is 5.82 Å². The molecule has 0 bridgehead atoms. The van der Waals surface area contributed by atoms with Gasteiger partial charge in [-0.25, -0.2) is 14.6 Å². The Balaban J connectivity index is 1.46. The molecule has 0 unspecified atom stereocenters. The van der Waals surface area contributed by atoms with Crippen molar-refractivity contribution in [3.05, 3.63) is 58.2 Å². The Hall–Kier alpha value is -3.82. The molecule has 4 aromatic rings. The number of H-pyrrole nitrogens is 1. The first-order valence-electron chi connectivity index (χ1n) is 9.10. The van der Waals surface area contributed by atoms with Crippen LogP contribution in [-0.2, 0) is 18.3 Å². The van der Waals surface area contributed by atoms with Crippen molar-refractivity contribution in [1.29, 1.82) is 0 Å². The molecule has 2 N–H and O–H groups in total. The molecular formula is C19H20N8O2. The molecule has 10 nitrogen and oxygen atoms in total. The number of anilines is 1. The van der Waals surface area contributed by atoms with Crippen molar-refractivity contribution in [2.24, 2.45) is 7.05 Å². The van der Waals surface area contributed by atoms with Crippen molar-refractivity contribution in [2.45, 2.75) is 26.7 Å². The highest BCUT2D eigenvalue weighted by atomic mass is 16.1. The van der Waals surface area contributed by atoms with Gasteiger partial charge in [-0.15, -0.1) is 0 Å². The van der Waals surface area contributed by atoms with E-state index in [0.717, 1.165) is 16.6 Å². The van der Waals surface area contributed by atoms with Crippen LogP contribution in [0.15, 0.2) is 35.8 Å². The molecule has 4 rings (SSSR count). The Kier molecular flexibility index (Phi) is 4.67. The number of aromatic nitrogens is 7. The maximum Gasteiger partial charge on any atom is 0.253 e. The zero-order chi connectivity index (χ0) is 20.5. The maximum absolute atomic E-state index is 12.5. The van der Waals surface area contributed by atoms with Crippen LogP contribution >= 0.6 is 0 Å². The van der Waals surface area contributed by atoms with Gasteiger partial charge in [0.25, 0.3) is 5.56 Å². The van der Waals surface area contributed by atoms with Gasteiger partial charge in [0.1, 0.15) is 18.3 Å². The summed E-state index contributed by atoms with van der Waals surface area (Å²) in [5, 5.41) is 12.1. The molecule has 0 radical (unpaired) electrons. The number of hydrogen-bond acceptors (Lipinski definition) is 6. The van der Waals surface area contributed by atoms with E-state index in [0.29, 0.717) is 29.1 Å². The monoisotopic (exact) mass is 392 g/mol. The fraction of sp³-hybridized carbons (Fsp3) is 0.263.